The molecule has 1 unspecified atom stereocenters. The predicted molar refractivity (Wildman–Crippen MR) is 66.1 cm³/mol. The number of hydrogen-bond acceptors (Lipinski definition) is 1. The molecule has 92 valence electrons. The molecule has 0 heterocycles. The van der Waals surface area contributed by atoms with Crippen LogP contribution >= 0.6 is 0 Å². The Balaban J connectivity index is 1.60. The molecule has 4 fully saturated rings. The van der Waals surface area contributed by atoms with Crippen molar-refractivity contribution >= 4 is 0 Å². The molecule has 0 spiro atoms. The Morgan fingerprint density at radius 1 is 1.06 bits per heavy atom. The molecule has 0 aromatic heterocycles. The molecule has 0 radical (unpaired) electrons. The van der Waals surface area contributed by atoms with Crippen molar-refractivity contribution in [2.75, 3.05) is 0 Å². The molecule has 0 aliphatic heterocycles. The molecule has 1 nitrogen and oxygen atoms in total. The van der Waals surface area contributed by atoms with Crippen molar-refractivity contribution in [3.63, 3.8) is 0 Å². The summed E-state index contributed by atoms with van der Waals surface area (Å²) < 4.78 is 0. The van der Waals surface area contributed by atoms with Gasteiger partial charge in [-0.2, -0.15) is 0 Å². The highest BCUT2D eigenvalue weighted by molar-refractivity contribution is 5.01. The third-order valence-electron chi connectivity index (χ3n) is 5.49. The van der Waals surface area contributed by atoms with Gasteiger partial charge in [-0.3, -0.25) is 0 Å². The van der Waals surface area contributed by atoms with Gasteiger partial charge < -0.3 is 5.11 Å². The van der Waals surface area contributed by atoms with E-state index in [4.69, 9.17) is 0 Å². The van der Waals surface area contributed by atoms with Crippen LogP contribution in [0.2, 0.25) is 0 Å². The zero-order valence-corrected chi connectivity index (χ0v) is 10.6. The van der Waals surface area contributed by atoms with Crippen LogP contribution in [0.4, 0.5) is 0 Å². The quantitative estimate of drug-likeness (QED) is 0.768. The third-order valence-corrected chi connectivity index (χ3v) is 5.49. The average molecular weight is 222 g/mol. The van der Waals surface area contributed by atoms with Crippen LogP contribution < -0.4 is 0 Å². The third kappa shape index (κ3) is 2.03. The van der Waals surface area contributed by atoms with Crippen molar-refractivity contribution in [1.82, 2.24) is 0 Å². The van der Waals surface area contributed by atoms with E-state index in [1.165, 1.54) is 32.1 Å². The molecule has 1 atom stereocenters. The lowest BCUT2D eigenvalue weighted by molar-refractivity contribution is -0.0592. The summed E-state index contributed by atoms with van der Waals surface area (Å²) in [5, 5.41) is 9.37. The Bertz CT molecular complexity index is 221. The molecular formula is C15H26O. The van der Waals surface area contributed by atoms with E-state index in [1.807, 2.05) is 6.92 Å². The van der Waals surface area contributed by atoms with Crippen molar-refractivity contribution in [2.24, 2.45) is 23.2 Å². The number of rotatable bonds is 4. The maximum atomic E-state index is 9.37. The number of hydrogen-bond donors (Lipinski definition) is 1. The minimum Gasteiger partial charge on any atom is -0.393 e. The minimum absolute atomic E-state index is 0.0890. The molecule has 4 bridgehead atoms. The highest BCUT2D eigenvalue weighted by Crippen LogP contribution is 2.61. The van der Waals surface area contributed by atoms with Gasteiger partial charge in [0.05, 0.1) is 6.10 Å². The summed E-state index contributed by atoms with van der Waals surface area (Å²) in [5.41, 5.74) is 0.726. The lowest BCUT2D eigenvalue weighted by atomic mass is 9.48. The Morgan fingerprint density at radius 2 is 1.56 bits per heavy atom. The Morgan fingerprint density at radius 3 is 2.00 bits per heavy atom. The molecule has 1 heteroatoms. The largest absolute Gasteiger partial charge is 0.393 e. The van der Waals surface area contributed by atoms with Crippen LogP contribution in [0.25, 0.3) is 0 Å². The molecular weight excluding hydrogens is 196 g/mol. The molecule has 4 aliphatic rings. The van der Waals surface area contributed by atoms with Gasteiger partial charge in [0, 0.05) is 0 Å². The summed E-state index contributed by atoms with van der Waals surface area (Å²) in [5.74, 6) is 3.24. The van der Waals surface area contributed by atoms with Crippen molar-refractivity contribution in [1.29, 1.82) is 0 Å². The van der Waals surface area contributed by atoms with E-state index in [0.29, 0.717) is 0 Å². The summed E-state index contributed by atoms with van der Waals surface area (Å²) in [6.07, 6.45) is 12.8. The Labute approximate surface area is 99.6 Å². The van der Waals surface area contributed by atoms with Gasteiger partial charge in [-0.1, -0.05) is 6.42 Å². The number of aliphatic hydroxyl groups excluding tert-OH is 1. The second kappa shape index (κ2) is 4.01. The van der Waals surface area contributed by atoms with Gasteiger partial charge in [0.1, 0.15) is 0 Å². The normalized spacial score (nSPS) is 47.2. The van der Waals surface area contributed by atoms with Crippen molar-refractivity contribution < 1.29 is 5.11 Å². The molecule has 0 amide bonds. The van der Waals surface area contributed by atoms with Gasteiger partial charge in [-0.25, -0.2) is 0 Å². The van der Waals surface area contributed by atoms with E-state index >= 15 is 0 Å². The Hall–Kier alpha value is -0.0400. The van der Waals surface area contributed by atoms with Gasteiger partial charge >= 0.3 is 0 Å². The fourth-order valence-electron chi connectivity index (χ4n) is 5.37. The molecule has 4 rings (SSSR count). The lowest BCUT2D eigenvalue weighted by Crippen LogP contribution is -2.45. The predicted octanol–water partition coefficient (Wildman–Crippen LogP) is 3.75. The first-order valence-electron chi connectivity index (χ1n) is 7.33. The minimum atomic E-state index is -0.0890. The topological polar surface area (TPSA) is 20.2 Å². The second-order valence-electron chi connectivity index (χ2n) is 7.16. The zero-order valence-electron chi connectivity index (χ0n) is 10.6. The van der Waals surface area contributed by atoms with Crippen LogP contribution in [0.1, 0.15) is 64.7 Å². The van der Waals surface area contributed by atoms with Gasteiger partial charge in [0.15, 0.2) is 0 Å². The van der Waals surface area contributed by atoms with Gasteiger partial charge in [-0.05, 0) is 81.5 Å². The van der Waals surface area contributed by atoms with Crippen LogP contribution in [0, 0.1) is 23.2 Å². The van der Waals surface area contributed by atoms with Gasteiger partial charge in [0.2, 0.25) is 0 Å². The SMILES string of the molecule is CC(O)CCCC12CC3CC(CC(C3)C1)C2. The first-order valence-corrected chi connectivity index (χ1v) is 7.33. The smallest absolute Gasteiger partial charge is 0.0512 e. The Kier molecular flexibility index (Phi) is 2.78. The monoisotopic (exact) mass is 222 g/mol. The molecule has 4 aliphatic carbocycles. The summed E-state index contributed by atoms with van der Waals surface area (Å²) in [6.45, 7) is 1.93. The highest BCUT2D eigenvalue weighted by atomic mass is 16.3. The van der Waals surface area contributed by atoms with E-state index in [2.05, 4.69) is 0 Å². The molecule has 0 aromatic carbocycles. The van der Waals surface area contributed by atoms with E-state index < -0.39 is 0 Å². The molecule has 16 heavy (non-hydrogen) atoms. The number of aliphatic hydroxyl groups is 1. The summed E-state index contributed by atoms with van der Waals surface area (Å²) in [6, 6.07) is 0. The molecule has 0 aromatic rings. The second-order valence-corrected chi connectivity index (χ2v) is 7.16. The van der Waals surface area contributed by atoms with Crippen molar-refractivity contribution in [2.45, 2.75) is 70.8 Å². The fraction of sp³-hybridized carbons (Fsp3) is 1.00. The molecule has 4 saturated carbocycles. The van der Waals surface area contributed by atoms with E-state index in [1.54, 1.807) is 19.3 Å². The van der Waals surface area contributed by atoms with Crippen LogP contribution in [-0.4, -0.2) is 11.2 Å². The summed E-state index contributed by atoms with van der Waals surface area (Å²) >= 11 is 0. The first kappa shape index (κ1) is 11.1. The zero-order chi connectivity index (χ0) is 11.2. The van der Waals surface area contributed by atoms with Crippen LogP contribution in [0.3, 0.4) is 0 Å². The maximum absolute atomic E-state index is 9.37. The van der Waals surface area contributed by atoms with Crippen LogP contribution in [-0.2, 0) is 0 Å². The van der Waals surface area contributed by atoms with Crippen LogP contribution in [0.5, 0.6) is 0 Å². The lowest BCUT2D eigenvalue weighted by Gasteiger charge is -2.57. The maximum Gasteiger partial charge on any atom is 0.0512 e. The molecule has 0 saturated heterocycles. The summed E-state index contributed by atoms with van der Waals surface area (Å²) in [7, 11) is 0. The standard InChI is InChI=1S/C15H26O/c1-11(16)3-2-4-15-8-12-5-13(9-15)7-14(6-12)10-15/h11-14,16H,2-10H2,1H3. The highest BCUT2D eigenvalue weighted by Gasteiger charge is 2.50. The van der Waals surface area contributed by atoms with Gasteiger partial charge in [0.25, 0.3) is 0 Å². The first-order chi connectivity index (χ1) is 7.65. The average Bonchev–Trinajstić information content (AvgIpc) is 2.13. The fourth-order valence-corrected chi connectivity index (χ4v) is 5.37. The van der Waals surface area contributed by atoms with E-state index in [-0.39, 0.29) is 6.10 Å². The van der Waals surface area contributed by atoms with Crippen LogP contribution in [0.15, 0.2) is 0 Å². The van der Waals surface area contributed by atoms with Crippen molar-refractivity contribution in [3.8, 4) is 0 Å². The van der Waals surface area contributed by atoms with E-state index in [0.717, 1.165) is 29.6 Å². The van der Waals surface area contributed by atoms with Crippen molar-refractivity contribution in [3.05, 3.63) is 0 Å². The summed E-state index contributed by atoms with van der Waals surface area (Å²) in [4.78, 5) is 0. The van der Waals surface area contributed by atoms with E-state index in [9.17, 15) is 5.11 Å². The molecule has 1 N–H and O–H groups in total. The van der Waals surface area contributed by atoms with Gasteiger partial charge in [-0.15, -0.1) is 0 Å².